The molecule has 5 heterocycles. The maximum atomic E-state index is 12.6. The average Bonchev–Trinajstić information content (AvgIpc) is 3.32. The lowest BCUT2D eigenvalue weighted by molar-refractivity contribution is 0.0618. The number of rotatable bonds is 4. The summed E-state index contributed by atoms with van der Waals surface area (Å²) < 4.78 is 1.13. The van der Waals surface area contributed by atoms with Gasteiger partial charge >= 0.3 is 0 Å². The number of nitrogens with zero attached hydrogens (tertiary/aromatic N) is 2. The zero-order valence-corrected chi connectivity index (χ0v) is 14.4. The van der Waals surface area contributed by atoms with Crippen molar-refractivity contribution >= 4 is 32.3 Å². The summed E-state index contributed by atoms with van der Waals surface area (Å²) in [7, 11) is 0. The quantitative estimate of drug-likeness (QED) is 0.897. The average molecular weight is 342 g/mol. The van der Waals surface area contributed by atoms with Crippen LogP contribution in [0.1, 0.15) is 36.2 Å². The minimum Gasteiger partial charge on any atom is -0.374 e. The van der Waals surface area contributed by atoms with Gasteiger partial charge in [-0.3, -0.25) is 9.78 Å². The lowest BCUT2D eigenvalue weighted by Gasteiger charge is -2.44. The Labute approximate surface area is 145 Å². The number of hydrogen-bond donors (Lipinski definition) is 2. The second kappa shape index (κ2) is 5.70. The van der Waals surface area contributed by atoms with Crippen molar-refractivity contribution in [1.82, 2.24) is 15.2 Å². The van der Waals surface area contributed by atoms with Crippen molar-refractivity contribution in [2.24, 2.45) is 5.92 Å². The Morgan fingerprint density at radius 1 is 1.21 bits per heavy atom. The summed E-state index contributed by atoms with van der Waals surface area (Å²) in [5, 5.41) is 9.05. The molecule has 6 rings (SSSR count). The first-order valence-corrected chi connectivity index (χ1v) is 9.75. The fourth-order valence-electron chi connectivity index (χ4n) is 3.93. The maximum Gasteiger partial charge on any atom is 0.270 e. The number of piperidine rings is 3. The molecule has 0 spiro atoms. The van der Waals surface area contributed by atoms with E-state index in [-0.39, 0.29) is 11.9 Å². The summed E-state index contributed by atoms with van der Waals surface area (Å²) in [6, 6.07) is 5.01. The third kappa shape index (κ3) is 2.78. The van der Waals surface area contributed by atoms with E-state index in [0.29, 0.717) is 17.7 Å². The number of thiophene rings is 1. The number of hydrogen-bond acceptors (Lipinski definition) is 5. The summed E-state index contributed by atoms with van der Waals surface area (Å²) >= 11 is 1.72. The molecule has 2 aromatic rings. The molecule has 2 bridgehead atoms. The molecule has 126 valence electrons. The van der Waals surface area contributed by atoms with Crippen LogP contribution in [0, 0.1) is 5.92 Å². The minimum atomic E-state index is -0.0271. The van der Waals surface area contributed by atoms with E-state index in [2.05, 4.69) is 26.6 Å². The smallest absolute Gasteiger partial charge is 0.270 e. The minimum absolute atomic E-state index is 0.0271. The van der Waals surface area contributed by atoms with Gasteiger partial charge in [0, 0.05) is 34.9 Å². The van der Waals surface area contributed by atoms with Crippen LogP contribution in [0.4, 0.5) is 5.00 Å². The van der Waals surface area contributed by atoms with Gasteiger partial charge in [0.15, 0.2) is 0 Å². The van der Waals surface area contributed by atoms with Crippen LogP contribution in [-0.2, 0) is 0 Å². The zero-order chi connectivity index (χ0) is 16.1. The molecule has 0 aromatic carbocycles. The third-order valence-electron chi connectivity index (χ3n) is 5.53. The normalized spacial score (nSPS) is 28.9. The second-order valence-corrected chi connectivity index (χ2v) is 8.44. The Hall–Kier alpha value is -1.66. The molecule has 4 fully saturated rings. The fraction of sp³-hybridized carbons (Fsp3) is 0.556. The largest absolute Gasteiger partial charge is 0.374 e. The summed E-state index contributed by atoms with van der Waals surface area (Å²) in [5.74, 6) is 0.611. The topological polar surface area (TPSA) is 57.3 Å². The van der Waals surface area contributed by atoms with E-state index in [1.165, 1.54) is 43.8 Å². The molecule has 6 heteroatoms. The van der Waals surface area contributed by atoms with Gasteiger partial charge in [-0.1, -0.05) is 0 Å². The number of anilines is 1. The first kappa shape index (κ1) is 14.7. The second-order valence-electron chi connectivity index (χ2n) is 7.35. The monoisotopic (exact) mass is 342 g/mol. The van der Waals surface area contributed by atoms with E-state index < -0.39 is 0 Å². The van der Waals surface area contributed by atoms with Crippen molar-refractivity contribution in [3.05, 3.63) is 24.0 Å². The van der Waals surface area contributed by atoms with E-state index in [4.69, 9.17) is 0 Å². The van der Waals surface area contributed by atoms with Crippen molar-refractivity contribution in [3.63, 3.8) is 0 Å². The van der Waals surface area contributed by atoms with Crippen LogP contribution < -0.4 is 10.6 Å². The molecule has 3 aliphatic heterocycles. The van der Waals surface area contributed by atoms with Gasteiger partial charge in [-0.2, -0.15) is 0 Å². The van der Waals surface area contributed by atoms with Crippen LogP contribution in [0.15, 0.2) is 18.3 Å². The van der Waals surface area contributed by atoms with E-state index in [1.54, 1.807) is 11.3 Å². The van der Waals surface area contributed by atoms with E-state index in [0.717, 1.165) is 16.6 Å². The Balaban J connectivity index is 1.32. The molecule has 4 aliphatic rings. The molecule has 1 atom stereocenters. The standard InChI is InChI=1S/C18H22N4OS/c23-18(21-15-10-22-5-3-11(15)4-6-22)14-8-16-12(9-19-14)7-17(24-16)20-13-1-2-13/h7-9,11,13,15,20H,1-6,10H2,(H,21,23)/t15-/m0/s1. The molecule has 2 N–H and O–H groups in total. The molecule has 1 saturated carbocycles. The first-order chi connectivity index (χ1) is 11.7. The Morgan fingerprint density at radius 2 is 2.04 bits per heavy atom. The van der Waals surface area contributed by atoms with E-state index >= 15 is 0 Å². The van der Waals surface area contributed by atoms with Gasteiger partial charge in [0.2, 0.25) is 0 Å². The summed E-state index contributed by atoms with van der Waals surface area (Å²) in [6.07, 6.45) is 6.77. The van der Waals surface area contributed by atoms with Crippen molar-refractivity contribution < 1.29 is 4.79 Å². The molecule has 1 aliphatic carbocycles. The number of aromatic nitrogens is 1. The molecule has 5 nitrogen and oxygen atoms in total. The summed E-state index contributed by atoms with van der Waals surface area (Å²) in [4.78, 5) is 19.5. The SMILES string of the molecule is O=C(N[C@H]1CN2CCC1CC2)c1cc2sc(NC3CC3)cc2cn1. The van der Waals surface area contributed by atoms with Crippen molar-refractivity contribution in [2.45, 2.75) is 37.8 Å². The van der Waals surface area contributed by atoms with Gasteiger partial charge in [-0.05, 0) is 56.8 Å². The molecule has 24 heavy (non-hydrogen) atoms. The summed E-state index contributed by atoms with van der Waals surface area (Å²) in [6.45, 7) is 3.37. The molecule has 0 unspecified atom stereocenters. The number of pyridine rings is 1. The molecular formula is C18H22N4OS. The third-order valence-corrected chi connectivity index (χ3v) is 6.56. The molecule has 1 amide bonds. The number of carbonyl (C=O) groups excluding carboxylic acids is 1. The van der Waals surface area contributed by atoms with E-state index in [1.807, 2.05) is 12.3 Å². The molecular weight excluding hydrogens is 320 g/mol. The lowest BCUT2D eigenvalue weighted by atomic mass is 9.84. The predicted octanol–water partition coefficient (Wildman–Crippen LogP) is 2.69. The number of carbonyl (C=O) groups is 1. The number of fused-ring (bicyclic) bond motifs is 4. The van der Waals surface area contributed by atoms with Gasteiger partial charge in [-0.25, -0.2) is 0 Å². The highest BCUT2D eigenvalue weighted by Gasteiger charge is 2.35. The van der Waals surface area contributed by atoms with Crippen LogP contribution in [0.2, 0.25) is 0 Å². The highest BCUT2D eigenvalue weighted by atomic mass is 32.1. The van der Waals surface area contributed by atoms with Gasteiger partial charge in [0.05, 0.1) is 5.00 Å². The Kier molecular flexibility index (Phi) is 3.49. The molecule has 2 aromatic heterocycles. The highest BCUT2D eigenvalue weighted by molar-refractivity contribution is 7.22. The lowest BCUT2D eigenvalue weighted by Crippen LogP contribution is -2.57. The molecule has 0 radical (unpaired) electrons. The first-order valence-electron chi connectivity index (χ1n) is 8.94. The van der Waals surface area contributed by atoms with Crippen LogP contribution in [0.25, 0.3) is 10.1 Å². The zero-order valence-electron chi connectivity index (χ0n) is 13.6. The Bertz CT molecular complexity index is 776. The fourth-order valence-corrected chi connectivity index (χ4v) is 4.98. The van der Waals surface area contributed by atoms with Gasteiger partial charge in [-0.15, -0.1) is 11.3 Å². The highest BCUT2D eigenvalue weighted by Crippen LogP contribution is 2.34. The van der Waals surface area contributed by atoms with Crippen molar-refractivity contribution in [2.75, 3.05) is 25.0 Å². The van der Waals surface area contributed by atoms with Gasteiger partial charge in [0.25, 0.3) is 5.91 Å². The number of amides is 1. The Morgan fingerprint density at radius 3 is 2.75 bits per heavy atom. The van der Waals surface area contributed by atoms with E-state index in [9.17, 15) is 4.79 Å². The van der Waals surface area contributed by atoms with Crippen LogP contribution in [0.5, 0.6) is 0 Å². The van der Waals surface area contributed by atoms with Gasteiger partial charge < -0.3 is 15.5 Å². The van der Waals surface area contributed by atoms with Crippen LogP contribution in [-0.4, -0.2) is 47.5 Å². The number of nitrogens with one attached hydrogen (secondary N) is 2. The predicted molar refractivity (Wildman–Crippen MR) is 96.7 cm³/mol. The van der Waals surface area contributed by atoms with Crippen molar-refractivity contribution in [1.29, 1.82) is 0 Å². The van der Waals surface area contributed by atoms with Crippen LogP contribution in [0.3, 0.4) is 0 Å². The summed E-state index contributed by atoms with van der Waals surface area (Å²) in [5.41, 5.74) is 0.541. The van der Waals surface area contributed by atoms with Crippen molar-refractivity contribution in [3.8, 4) is 0 Å². The van der Waals surface area contributed by atoms with Gasteiger partial charge in [0.1, 0.15) is 5.69 Å². The van der Waals surface area contributed by atoms with Crippen LogP contribution >= 0.6 is 11.3 Å². The molecule has 3 saturated heterocycles. The maximum absolute atomic E-state index is 12.6.